The molecule has 0 aliphatic heterocycles. The van der Waals surface area contributed by atoms with Gasteiger partial charge in [0.25, 0.3) is 0 Å². The van der Waals surface area contributed by atoms with Crippen molar-refractivity contribution in [3.63, 3.8) is 0 Å². The molecule has 1 saturated carbocycles. The van der Waals surface area contributed by atoms with E-state index in [0.29, 0.717) is 0 Å². The Labute approximate surface area is 90.0 Å². The van der Waals surface area contributed by atoms with Crippen LogP contribution in [0.25, 0.3) is 0 Å². The van der Waals surface area contributed by atoms with Crippen molar-refractivity contribution in [1.29, 1.82) is 0 Å². The summed E-state index contributed by atoms with van der Waals surface area (Å²) in [4.78, 5) is 0. The zero-order valence-corrected chi connectivity index (χ0v) is 10.0. The Bertz CT molecular complexity index is 72.8. The van der Waals surface area contributed by atoms with Crippen LogP contribution in [0.2, 0.25) is 0 Å². The third-order valence-electron chi connectivity index (χ3n) is 2.31. The molecule has 0 heterocycles. The Morgan fingerprint density at radius 2 is 1.50 bits per heavy atom. The van der Waals surface area contributed by atoms with Crippen molar-refractivity contribution >= 4 is 0 Å². The fourth-order valence-corrected chi connectivity index (χ4v) is 1.58. The molecule has 0 saturated heterocycles. The molecule has 1 rings (SSSR count). The zero-order valence-electron chi connectivity index (χ0n) is 7.19. The van der Waals surface area contributed by atoms with E-state index in [2.05, 4.69) is 13.8 Å². The Hall–Kier alpha value is 1.10. The summed E-state index contributed by atoms with van der Waals surface area (Å²) in [5, 5.41) is 0. The first-order valence-electron chi connectivity index (χ1n) is 4.15. The van der Waals surface area contributed by atoms with Crippen LogP contribution >= 0.6 is 0 Å². The molecule has 1 fully saturated rings. The van der Waals surface area contributed by atoms with E-state index < -0.39 is 0 Å². The van der Waals surface area contributed by atoms with E-state index in [9.17, 15) is 0 Å². The van der Waals surface area contributed by atoms with Crippen molar-refractivity contribution in [3.8, 4) is 0 Å². The minimum absolute atomic E-state index is 0. The third kappa shape index (κ3) is 3.48. The van der Waals surface area contributed by atoms with Gasteiger partial charge >= 0.3 is 32.7 Å². The summed E-state index contributed by atoms with van der Waals surface area (Å²) in [6, 6.07) is 0. The second-order valence-corrected chi connectivity index (χ2v) is 3.37. The molecule has 1 heteroatoms. The Kier molecular flexibility index (Phi) is 6.35. The summed E-state index contributed by atoms with van der Waals surface area (Å²) in [5.74, 6) is 2.66. The summed E-state index contributed by atoms with van der Waals surface area (Å²) >= 11 is 0. The van der Waals surface area contributed by atoms with Gasteiger partial charge in [-0.2, -0.15) is 18.8 Å². The summed E-state index contributed by atoms with van der Waals surface area (Å²) < 4.78 is 0. The van der Waals surface area contributed by atoms with E-state index in [-0.39, 0.29) is 32.7 Å². The van der Waals surface area contributed by atoms with E-state index in [0.717, 1.165) is 5.92 Å². The molecule has 0 N–H and O–H groups in total. The van der Waals surface area contributed by atoms with Gasteiger partial charge in [-0.1, -0.05) is 33.1 Å². The van der Waals surface area contributed by atoms with Gasteiger partial charge in [0.05, 0.1) is 0 Å². The maximum absolute atomic E-state index is 2.32. The average Bonchev–Trinajstić information content (AvgIpc) is 1.90. The Morgan fingerprint density at radius 3 is 1.80 bits per heavy atom. The summed E-state index contributed by atoms with van der Waals surface area (Å²) in [6.45, 7) is 4.64. The van der Waals surface area contributed by atoms with Crippen molar-refractivity contribution in [1.82, 2.24) is 0 Å². The van der Waals surface area contributed by atoms with Gasteiger partial charge < -0.3 is 5.92 Å². The van der Waals surface area contributed by atoms with E-state index in [1.54, 1.807) is 5.92 Å². The van der Waals surface area contributed by atoms with Gasteiger partial charge in [-0.05, 0) is 0 Å². The van der Waals surface area contributed by atoms with Gasteiger partial charge in [0.15, 0.2) is 0 Å². The molecule has 1 aliphatic carbocycles. The van der Waals surface area contributed by atoms with Crippen LogP contribution in [0.15, 0.2) is 0 Å². The first-order chi connectivity index (χ1) is 4.30. The van der Waals surface area contributed by atoms with Crippen LogP contribution in [-0.4, -0.2) is 0 Å². The summed E-state index contributed by atoms with van der Waals surface area (Å²) in [5.41, 5.74) is 0. The van der Waals surface area contributed by atoms with Crippen LogP contribution in [0.3, 0.4) is 0 Å². The molecule has 0 nitrogen and oxygen atoms in total. The second-order valence-electron chi connectivity index (χ2n) is 3.37. The van der Waals surface area contributed by atoms with Crippen LogP contribution < -0.4 is 0 Å². The molecule has 0 aromatic heterocycles. The van der Waals surface area contributed by atoms with E-state index in [1.807, 2.05) is 0 Å². The molecule has 0 bridgehead atoms. The second kappa shape index (κ2) is 5.72. The molecule has 54 valence electrons. The van der Waals surface area contributed by atoms with Crippen LogP contribution in [0, 0.1) is 11.8 Å². The van der Waals surface area contributed by atoms with Crippen molar-refractivity contribution in [2.75, 3.05) is 0 Å². The first-order valence-corrected chi connectivity index (χ1v) is 4.15. The molecule has 10 heavy (non-hydrogen) atoms. The molecule has 0 unspecified atom stereocenters. The predicted molar refractivity (Wildman–Crippen MR) is 41.2 cm³/mol. The minimum Gasteiger partial charge on any atom is -0.311 e. The van der Waals surface area contributed by atoms with E-state index >= 15 is 0 Å². The van der Waals surface area contributed by atoms with Crippen molar-refractivity contribution in [2.45, 2.75) is 46.0 Å². The first kappa shape index (κ1) is 11.1. The summed E-state index contributed by atoms with van der Waals surface area (Å²) in [7, 11) is 0. The van der Waals surface area contributed by atoms with Gasteiger partial charge in [-0.3, -0.25) is 0 Å². The molecule has 0 atom stereocenters. The monoisotopic (exact) mass is 214 g/mol. The molecule has 1 aliphatic rings. The van der Waals surface area contributed by atoms with Crippen molar-refractivity contribution < 1.29 is 32.7 Å². The van der Waals surface area contributed by atoms with Crippen LogP contribution in [-0.2, 0) is 32.7 Å². The van der Waals surface area contributed by atoms with Crippen molar-refractivity contribution in [3.05, 3.63) is 5.92 Å². The number of hydrogen-bond donors (Lipinski definition) is 0. The molecule has 0 aromatic rings. The van der Waals surface area contributed by atoms with Gasteiger partial charge in [0.1, 0.15) is 0 Å². The van der Waals surface area contributed by atoms with Gasteiger partial charge in [0, 0.05) is 0 Å². The number of rotatable bonds is 1. The largest absolute Gasteiger partial charge is 3.00 e. The molecular formula is C9H17Y+2. The van der Waals surface area contributed by atoms with Crippen LogP contribution in [0.4, 0.5) is 0 Å². The van der Waals surface area contributed by atoms with Gasteiger partial charge in [-0.15, -0.1) is 0 Å². The molecular weight excluding hydrogens is 197 g/mol. The van der Waals surface area contributed by atoms with Crippen LogP contribution in [0.5, 0.6) is 0 Å². The molecule has 0 amide bonds. The van der Waals surface area contributed by atoms with Crippen molar-refractivity contribution in [2.24, 2.45) is 5.92 Å². The molecule has 0 radical (unpaired) electrons. The standard InChI is InChI=1S/C9H17.Y/c1-8(2)9-6-4-3-5-7-9;/h8H,3-7H2,1-2H3;/q-1;+3. The number of hydrogen-bond acceptors (Lipinski definition) is 0. The third-order valence-corrected chi connectivity index (χ3v) is 2.31. The fourth-order valence-electron chi connectivity index (χ4n) is 1.58. The topological polar surface area (TPSA) is 0 Å². The maximum atomic E-state index is 2.32. The Morgan fingerprint density at radius 1 is 1.00 bits per heavy atom. The zero-order chi connectivity index (χ0) is 6.69. The molecule has 0 aromatic carbocycles. The Balaban J connectivity index is 0.000000810. The normalized spacial score (nSPS) is 20.7. The smallest absolute Gasteiger partial charge is 0.311 e. The minimum atomic E-state index is 0. The maximum Gasteiger partial charge on any atom is 3.00 e. The predicted octanol–water partition coefficient (Wildman–Crippen LogP) is 3.18. The van der Waals surface area contributed by atoms with Gasteiger partial charge in [-0.25, -0.2) is 0 Å². The van der Waals surface area contributed by atoms with E-state index in [1.165, 1.54) is 32.1 Å². The SMILES string of the molecule is CC(C)[C-]1CCCCC1.[Y+3]. The quantitative estimate of drug-likeness (QED) is 0.588. The average molecular weight is 214 g/mol. The van der Waals surface area contributed by atoms with Gasteiger partial charge in [0.2, 0.25) is 0 Å². The molecule has 0 spiro atoms. The summed E-state index contributed by atoms with van der Waals surface area (Å²) in [6.07, 6.45) is 7.20. The van der Waals surface area contributed by atoms with Crippen LogP contribution in [0.1, 0.15) is 46.0 Å². The van der Waals surface area contributed by atoms with E-state index in [4.69, 9.17) is 0 Å². The fraction of sp³-hybridized carbons (Fsp3) is 0.889.